The van der Waals surface area contributed by atoms with Crippen LogP contribution < -0.4 is 5.73 Å². The third-order valence-electron chi connectivity index (χ3n) is 6.20. The molecule has 20 heavy (non-hydrogen) atoms. The van der Waals surface area contributed by atoms with Crippen LogP contribution in [0, 0.1) is 23.2 Å². The van der Waals surface area contributed by atoms with Gasteiger partial charge in [0.2, 0.25) is 0 Å². The smallest absolute Gasteiger partial charge is 0.194 e. The van der Waals surface area contributed by atoms with E-state index in [0.29, 0.717) is 11.2 Å². The molecule has 1 aromatic rings. The molecule has 0 aliphatic heterocycles. The zero-order chi connectivity index (χ0) is 13.8. The summed E-state index contributed by atoms with van der Waals surface area (Å²) in [6.45, 7) is 2.04. The molecule has 4 fully saturated rings. The summed E-state index contributed by atoms with van der Waals surface area (Å²) in [6.07, 6.45) is 11.1. The molecular formula is C15H25N5. The summed E-state index contributed by atoms with van der Waals surface area (Å²) in [5.41, 5.74) is 6.56. The van der Waals surface area contributed by atoms with Gasteiger partial charge in [0.15, 0.2) is 5.82 Å². The van der Waals surface area contributed by atoms with Crippen molar-refractivity contribution in [2.75, 3.05) is 0 Å². The fourth-order valence-corrected chi connectivity index (χ4v) is 5.64. The van der Waals surface area contributed by atoms with E-state index in [9.17, 15) is 0 Å². The summed E-state index contributed by atoms with van der Waals surface area (Å²) in [5, 5.41) is 14.3. The molecule has 4 aliphatic rings. The van der Waals surface area contributed by atoms with Crippen LogP contribution in [-0.2, 0) is 5.54 Å². The third kappa shape index (κ3) is 2.07. The van der Waals surface area contributed by atoms with Gasteiger partial charge < -0.3 is 5.73 Å². The minimum absolute atomic E-state index is 0.448. The lowest BCUT2D eigenvalue weighted by Crippen LogP contribution is -2.47. The van der Waals surface area contributed by atoms with Crippen molar-refractivity contribution in [3.63, 3.8) is 0 Å². The number of tetrazole rings is 1. The molecule has 0 amide bonds. The molecule has 4 aliphatic carbocycles. The highest BCUT2D eigenvalue weighted by Gasteiger charge is 2.50. The Bertz CT molecular complexity index is 443. The molecule has 0 spiro atoms. The molecule has 1 atom stereocenters. The molecule has 110 valence electrons. The van der Waals surface area contributed by atoms with Crippen LogP contribution in [0.2, 0.25) is 0 Å². The molecule has 0 aromatic carbocycles. The number of aromatic amines is 1. The summed E-state index contributed by atoms with van der Waals surface area (Å²) in [5.74, 6) is 3.68. The van der Waals surface area contributed by atoms with E-state index in [-0.39, 0.29) is 0 Å². The Morgan fingerprint density at radius 3 is 2.30 bits per heavy atom. The first-order valence-electron chi connectivity index (χ1n) is 8.08. The Hall–Kier alpha value is -0.970. The molecule has 5 heteroatoms. The van der Waals surface area contributed by atoms with Gasteiger partial charge in [0.25, 0.3) is 0 Å². The van der Waals surface area contributed by atoms with Crippen LogP contribution in [0.25, 0.3) is 0 Å². The number of rotatable bonds is 4. The number of H-pyrrole nitrogens is 1. The normalized spacial score (nSPS) is 41.8. The molecule has 4 saturated carbocycles. The first-order valence-corrected chi connectivity index (χ1v) is 8.08. The topological polar surface area (TPSA) is 80.5 Å². The summed E-state index contributed by atoms with van der Waals surface area (Å²) in [7, 11) is 0. The quantitative estimate of drug-likeness (QED) is 0.884. The maximum Gasteiger partial charge on any atom is 0.194 e. The van der Waals surface area contributed by atoms with E-state index < -0.39 is 5.54 Å². The zero-order valence-corrected chi connectivity index (χ0v) is 12.3. The van der Waals surface area contributed by atoms with Crippen molar-refractivity contribution in [2.24, 2.45) is 28.9 Å². The Labute approximate surface area is 120 Å². The van der Waals surface area contributed by atoms with Crippen LogP contribution >= 0.6 is 0 Å². The summed E-state index contributed by atoms with van der Waals surface area (Å²) >= 11 is 0. The van der Waals surface area contributed by atoms with Gasteiger partial charge in [0.1, 0.15) is 0 Å². The summed E-state index contributed by atoms with van der Waals surface area (Å²) in [6, 6.07) is 0. The molecule has 3 N–H and O–H groups in total. The number of nitrogens with two attached hydrogens (primary N) is 1. The van der Waals surface area contributed by atoms with E-state index >= 15 is 0 Å². The van der Waals surface area contributed by atoms with Crippen molar-refractivity contribution in [2.45, 2.75) is 63.8 Å². The Morgan fingerprint density at radius 1 is 1.20 bits per heavy atom. The average Bonchev–Trinajstić information content (AvgIpc) is 2.90. The highest BCUT2D eigenvalue weighted by molar-refractivity contribution is 5.04. The van der Waals surface area contributed by atoms with Gasteiger partial charge in [0.05, 0.1) is 5.54 Å². The van der Waals surface area contributed by atoms with Crippen molar-refractivity contribution >= 4 is 0 Å². The second-order valence-corrected chi connectivity index (χ2v) is 8.07. The third-order valence-corrected chi connectivity index (χ3v) is 6.20. The molecule has 1 aromatic heterocycles. The predicted molar refractivity (Wildman–Crippen MR) is 75.6 cm³/mol. The monoisotopic (exact) mass is 275 g/mol. The summed E-state index contributed by atoms with van der Waals surface area (Å²) in [4.78, 5) is 0. The standard InChI is InChI=1S/C15H25N5/c1-14(16,13-17-19-20-18-13)2-3-15-7-10-4-11(8-15)6-12(5-10)9-15/h10-12H,2-9,16H2,1H3,(H,17,18,19,20). The lowest BCUT2D eigenvalue weighted by molar-refractivity contribution is -0.0607. The van der Waals surface area contributed by atoms with Crippen LogP contribution in [0.3, 0.4) is 0 Å². The fourth-order valence-electron chi connectivity index (χ4n) is 5.64. The van der Waals surface area contributed by atoms with Gasteiger partial charge in [0, 0.05) is 0 Å². The van der Waals surface area contributed by atoms with Crippen LogP contribution in [0.15, 0.2) is 0 Å². The number of aromatic nitrogens is 4. The summed E-state index contributed by atoms with van der Waals surface area (Å²) < 4.78 is 0. The number of nitrogens with zero attached hydrogens (tertiary/aromatic N) is 3. The van der Waals surface area contributed by atoms with E-state index in [2.05, 4.69) is 20.6 Å². The lowest BCUT2D eigenvalue weighted by atomic mass is 9.48. The molecule has 0 radical (unpaired) electrons. The van der Waals surface area contributed by atoms with Gasteiger partial charge in [-0.3, -0.25) is 0 Å². The minimum atomic E-state index is -0.448. The van der Waals surface area contributed by atoms with Gasteiger partial charge in [-0.05, 0) is 81.5 Å². The molecular weight excluding hydrogens is 250 g/mol. The second kappa shape index (κ2) is 4.26. The zero-order valence-electron chi connectivity index (χ0n) is 12.3. The molecule has 0 saturated heterocycles. The van der Waals surface area contributed by atoms with Crippen molar-refractivity contribution in [1.29, 1.82) is 0 Å². The minimum Gasteiger partial charge on any atom is -0.319 e. The van der Waals surface area contributed by atoms with Crippen LogP contribution in [0.5, 0.6) is 0 Å². The van der Waals surface area contributed by atoms with E-state index in [0.717, 1.165) is 24.2 Å². The van der Waals surface area contributed by atoms with E-state index in [4.69, 9.17) is 5.73 Å². The van der Waals surface area contributed by atoms with Crippen molar-refractivity contribution in [3.05, 3.63) is 5.82 Å². The Kier molecular flexibility index (Phi) is 2.72. The largest absolute Gasteiger partial charge is 0.319 e. The van der Waals surface area contributed by atoms with Crippen LogP contribution in [-0.4, -0.2) is 20.6 Å². The SMILES string of the molecule is CC(N)(CCC12CC3CC(CC(C3)C1)C2)c1nn[nH]n1. The van der Waals surface area contributed by atoms with E-state index in [1.165, 1.54) is 44.9 Å². The lowest BCUT2D eigenvalue weighted by Gasteiger charge is -2.57. The van der Waals surface area contributed by atoms with Crippen molar-refractivity contribution in [3.8, 4) is 0 Å². The second-order valence-electron chi connectivity index (χ2n) is 8.07. The maximum absolute atomic E-state index is 6.43. The van der Waals surface area contributed by atoms with E-state index in [1.54, 1.807) is 0 Å². The van der Waals surface area contributed by atoms with Crippen LogP contribution in [0.4, 0.5) is 0 Å². The van der Waals surface area contributed by atoms with E-state index in [1.807, 2.05) is 6.92 Å². The van der Waals surface area contributed by atoms with Gasteiger partial charge >= 0.3 is 0 Å². The fraction of sp³-hybridized carbons (Fsp3) is 0.933. The van der Waals surface area contributed by atoms with Gasteiger partial charge in [-0.15, -0.1) is 10.2 Å². The van der Waals surface area contributed by atoms with Crippen molar-refractivity contribution < 1.29 is 0 Å². The number of hydrogen-bond donors (Lipinski definition) is 2. The molecule has 4 bridgehead atoms. The Morgan fingerprint density at radius 2 is 1.80 bits per heavy atom. The van der Waals surface area contributed by atoms with Gasteiger partial charge in [-0.2, -0.15) is 5.21 Å². The van der Waals surface area contributed by atoms with Crippen molar-refractivity contribution in [1.82, 2.24) is 20.6 Å². The molecule has 1 unspecified atom stereocenters. The number of nitrogens with one attached hydrogen (secondary N) is 1. The van der Waals surface area contributed by atoms with Gasteiger partial charge in [-0.25, -0.2) is 0 Å². The first kappa shape index (κ1) is 12.7. The van der Waals surface area contributed by atoms with Crippen LogP contribution in [0.1, 0.15) is 64.1 Å². The highest BCUT2D eigenvalue weighted by Crippen LogP contribution is 2.61. The average molecular weight is 275 g/mol. The van der Waals surface area contributed by atoms with Gasteiger partial charge in [-0.1, -0.05) is 5.21 Å². The first-order chi connectivity index (χ1) is 9.55. The molecule has 5 rings (SSSR count). The predicted octanol–water partition coefficient (Wildman–Crippen LogP) is 2.37. The molecule has 1 heterocycles. The number of hydrogen-bond acceptors (Lipinski definition) is 4. The highest BCUT2D eigenvalue weighted by atomic mass is 15.5. The maximum atomic E-state index is 6.43. The molecule has 5 nitrogen and oxygen atoms in total. The Balaban J connectivity index is 1.47.